The van der Waals surface area contributed by atoms with Crippen LogP contribution in [0.1, 0.15) is 12.2 Å². The minimum absolute atomic E-state index is 0.0407. The number of imide groups is 1. The number of hydrogen-bond acceptors (Lipinski definition) is 4. The highest BCUT2D eigenvalue weighted by Gasteiger charge is 2.39. The Kier molecular flexibility index (Phi) is 5.26. The van der Waals surface area contributed by atoms with Crippen LogP contribution < -0.4 is 10.6 Å². The number of hydrogen-bond donors (Lipinski definition) is 2. The summed E-state index contributed by atoms with van der Waals surface area (Å²) >= 11 is 6.17. The lowest BCUT2D eigenvalue weighted by Crippen LogP contribution is -2.37. The molecule has 1 fully saturated rings. The number of carbonyl (C=O) groups excluding carboxylic acids is 3. The molecule has 0 aliphatic carbocycles. The van der Waals surface area contributed by atoms with Gasteiger partial charge in [0.1, 0.15) is 11.8 Å². The fourth-order valence-electron chi connectivity index (χ4n) is 3.38. The molecule has 3 aromatic rings. The number of nitrogens with zero attached hydrogens (tertiary/aromatic N) is 2. The molecule has 1 aliphatic rings. The fraction of sp³-hybridized carbons (Fsp3) is 0.250. The van der Waals surface area contributed by atoms with Gasteiger partial charge in [0.05, 0.1) is 19.2 Å². The van der Waals surface area contributed by atoms with Gasteiger partial charge in [-0.2, -0.15) is 0 Å². The molecule has 0 radical (unpaired) electrons. The zero-order chi connectivity index (χ0) is 20.4. The van der Waals surface area contributed by atoms with Crippen LogP contribution in [-0.4, -0.2) is 39.9 Å². The quantitative estimate of drug-likeness (QED) is 0.580. The zero-order valence-electron chi connectivity index (χ0n) is 15.4. The van der Waals surface area contributed by atoms with Crippen molar-refractivity contribution in [1.29, 1.82) is 0 Å². The van der Waals surface area contributed by atoms with E-state index in [9.17, 15) is 14.4 Å². The topological polar surface area (TPSA) is 96.6 Å². The maximum Gasteiger partial charge on any atom is 0.325 e. The predicted molar refractivity (Wildman–Crippen MR) is 106 cm³/mol. The van der Waals surface area contributed by atoms with E-state index in [1.54, 1.807) is 12.1 Å². The summed E-state index contributed by atoms with van der Waals surface area (Å²) in [4.78, 5) is 37.7. The second kappa shape index (κ2) is 8.00. The third-order valence-corrected chi connectivity index (χ3v) is 5.16. The molecule has 2 aromatic heterocycles. The van der Waals surface area contributed by atoms with Crippen molar-refractivity contribution in [2.24, 2.45) is 0 Å². The normalized spacial score (nSPS) is 16.4. The highest BCUT2D eigenvalue weighted by molar-refractivity contribution is 6.35. The third-order valence-electron chi connectivity index (χ3n) is 4.83. The van der Waals surface area contributed by atoms with Gasteiger partial charge >= 0.3 is 6.03 Å². The lowest BCUT2D eigenvalue weighted by atomic mass is 10.2. The van der Waals surface area contributed by atoms with Gasteiger partial charge in [-0.3, -0.25) is 14.5 Å². The molecule has 0 spiro atoms. The molecule has 3 heterocycles. The number of benzene rings is 1. The monoisotopic (exact) mass is 414 g/mol. The number of aromatic nitrogens is 1. The van der Waals surface area contributed by atoms with Gasteiger partial charge in [0, 0.05) is 35.2 Å². The van der Waals surface area contributed by atoms with E-state index in [0.29, 0.717) is 23.9 Å². The van der Waals surface area contributed by atoms with Gasteiger partial charge in [0.2, 0.25) is 5.91 Å². The van der Waals surface area contributed by atoms with E-state index in [-0.39, 0.29) is 18.9 Å². The highest BCUT2D eigenvalue weighted by atomic mass is 35.5. The van der Waals surface area contributed by atoms with E-state index in [0.717, 1.165) is 15.8 Å². The van der Waals surface area contributed by atoms with Crippen LogP contribution in [0.4, 0.5) is 4.79 Å². The summed E-state index contributed by atoms with van der Waals surface area (Å²) in [6.45, 7) is 0.990. The summed E-state index contributed by atoms with van der Waals surface area (Å²) in [5, 5.41) is 6.97. The van der Waals surface area contributed by atoms with Crippen LogP contribution in [0.25, 0.3) is 10.9 Å². The van der Waals surface area contributed by atoms with Crippen molar-refractivity contribution in [3.63, 3.8) is 0 Å². The Morgan fingerprint density at radius 2 is 2.07 bits per heavy atom. The second-order valence-corrected chi connectivity index (χ2v) is 7.15. The lowest BCUT2D eigenvalue weighted by molar-refractivity contribution is -0.131. The van der Waals surface area contributed by atoms with Crippen molar-refractivity contribution in [2.45, 2.75) is 25.6 Å². The Bertz CT molecular complexity index is 1060. The first-order valence-corrected chi connectivity index (χ1v) is 9.55. The van der Waals surface area contributed by atoms with Crippen LogP contribution in [-0.2, 0) is 22.7 Å². The minimum Gasteiger partial charge on any atom is -0.467 e. The first-order valence-electron chi connectivity index (χ1n) is 9.17. The molecule has 8 nitrogen and oxygen atoms in total. The maximum atomic E-state index is 12.4. The van der Waals surface area contributed by atoms with Crippen molar-refractivity contribution in [3.8, 4) is 0 Å². The molecule has 1 aromatic carbocycles. The Morgan fingerprint density at radius 3 is 2.86 bits per heavy atom. The third kappa shape index (κ3) is 3.97. The van der Waals surface area contributed by atoms with Crippen molar-refractivity contribution >= 4 is 40.3 Å². The van der Waals surface area contributed by atoms with Gasteiger partial charge < -0.3 is 19.6 Å². The molecule has 1 atom stereocenters. The standard InChI is InChI=1S/C20H19ClN4O4/c21-15-4-1-5-17-14(15)6-8-24(17)9-7-22-18(26)11-16-19(27)25(20(28)23-16)12-13-3-2-10-29-13/h1-6,8,10,16H,7,9,11-12H2,(H,22,26)(H,23,28)/t16-/m1/s1. The van der Waals surface area contributed by atoms with Gasteiger partial charge in [0.15, 0.2) is 0 Å². The smallest absolute Gasteiger partial charge is 0.325 e. The highest BCUT2D eigenvalue weighted by Crippen LogP contribution is 2.24. The molecular formula is C20H19ClN4O4. The number of fused-ring (bicyclic) bond motifs is 1. The molecule has 0 unspecified atom stereocenters. The van der Waals surface area contributed by atoms with Crippen LogP contribution in [0.15, 0.2) is 53.3 Å². The molecule has 4 rings (SSSR count). The molecule has 9 heteroatoms. The summed E-state index contributed by atoms with van der Waals surface area (Å²) in [6, 6.07) is 9.56. The van der Waals surface area contributed by atoms with Crippen LogP contribution >= 0.6 is 11.6 Å². The molecular weight excluding hydrogens is 396 g/mol. The number of carbonyl (C=O) groups is 3. The first-order chi connectivity index (χ1) is 14.0. The Balaban J connectivity index is 1.29. The van der Waals surface area contributed by atoms with E-state index >= 15 is 0 Å². The number of nitrogens with one attached hydrogen (secondary N) is 2. The van der Waals surface area contributed by atoms with Gasteiger partial charge in [0.25, 0.3) is 5.91 Å². The van der Waals surface area contributed by atoms with Crippen molar-refractivity contribution in [1.82, 2.24) is 20.1 Å². The average Bonchev–Trinajstić information content (AvgIpc) is 3.40. The molecule has 29 heavy (non-hydrogen) atoms. The number of halogens is 1. The number of furan rings is 1. The zero-order valence-corrected chi connectivity index (χ0v) is 16.2. The molecule has 1 saturated heterocycles. The SMILES string of the molecule is O=C(C[C@H]1NC(=O)N(Cc2ccco2)C1=O)NCCn1ccc2c(Cl)cccc21. The molecule has 0 saturated carbocycles. The summed E-state index contributed by atoms with van der Waals surface area (Å²) in [5.74, 6) is -0.247. The Labute approximate surface area is 171 Å². The van der Waals surface area contributed by atoms with E-state index < -0.39 is 18.0 Å². The number of amides is 4. The Hall–Kier alpha value is -3.26. The van der Waals surface area contributed by atoms with E-state index in [2.05, 4.69) is 10.6 Å². The maximum absolute atomic E-state index is 12.4. The van der Waals surface area contributed by atoms with Crippen LogP contribution in [0, 0.1) is 0 Å². The van der Waals surface area contributed by atoms with Gasteiger partial charge in [-0.15, -0.1) is 0 Å². The van der Waals surface area contributed by atoms with E-state index in [1.165, 1.54) is 6.26 Å². The van der Waals surface area contributed by atoms with Crippen LogP contribution in [0.3, 0.4) is 0 Å². The van der Waals surface area contributed by atoms with Crippen molar-refractivity contribution in [2.75, 3.05) is 6.54 Å². The van der Waals surface area contributed by atoms with Crippen LogP contribution in [0.5, 0.6) is 0 Å². The van der Waals surface area contributed by atoms with Gasteiger partial charge in [-0.05, 0) is 30.3 Å². The lowest BCUT2D eigenvalue weighted by Gasteiger charge is -2.12. The average molecular weight is 415 g/mol. The summed E-state index contributed by atoms with van der Waals surface area (Å²) in [7, 11) is 0. The Morgan fingerprint density at radius 1 is 1.21 bits per heavy atom. The van der Waals surface area contributed by atoms with Crippen LogP contribution in [0.2, 0.25) is 5.02 Å². The summed E-state index contributed by atoms with van der Waals surface area (Å²) < 4.78 is 7.17. The summed E-state index contributed by atoms with van der Waals surface area (Å²) in [6.07, 6.45) is 3.27. The summed E-state index contributed by atoms with van der Waals surface area (Å²) in [5.41, 5.74) is 0.985. The van der Waals surface area contributed by atoms with Gasteiger partial charge in [-0.25, -0.2) is 4.79 Å². The van der Waals surface area contributed by atoms with E-state index in [1.807, 2.05) is 35.0 Å². The number of rotatable bonds is 7. The number of urea groups is 1. The molecule has 0 bridgehead atoms. The molecule has 2 N–H and O–H groups in total. The first kappa shape index (κ1) is 19.1. The van der Waals surface area contributed by atoms with Gasteiger partial charge in [-0.1, -0.05) is 17.7 Å². The second-order valence-electron chi connectivity index (χ2n) is 6.74. The predicted octanol–water partition coefficient (Wildman–Crippen LogP) is 2.51. The fourth-order valence-corrected chi connectivity index (χ4v) is 3.61. The minimum atomic E-state index is -0.872. The molecule has 4 amide bonds. The largest absolute Gasteiger partial charge is 0.467 e. The van der Waals surface area contributed by atoms with E-state index in [4.69, 9.17) is 16.0 Å². The van der Waals surface area contributed by atoms with Crippen molar-refractivity contribution < 1.29 is 18.8 Å². The molecule has 150 valence electrons. The van der Waals surface area contributed by atoms with Crippen molar-refractivity contribution in [3.05, 3.63) is 59.6 Å². The molecule has 1 aliphatic heterocycles.